The Morgan fingerprint density at radius 1 is 0.538 bits per heavy atom. The summed E-state index contributed by atoms with van der Waals surface area (Å²) in [7, 11) is 1.54. The summed E-state index contributed by atoms with van der Waals surface area (Å²) in [6.07, 6.45) is 64.6. The molecule has 0 saturated carbocycles. The fraction of sp³-hybridized carbons (Fsp3) is 0.768. The molecule has 0 radical (unpaired) electrons. The Kier molecular flexibility index (Phi) is 45.5. The molecule has 0 fully saturated rings. The molecule has 8 nitrogen and oxygen atoms in total. The zero-order valence-electron chi connectivity index (χ0n) is 43.0. The number of amides is 1. The second-order valence-electron chi connectivity index (χ2n) is 19.2. The number of nitrogens with one attached hydrogen (secondary N) is 1. The molecular weight excluding hydrogens is 828 g/mol. The first-order valence-corrected chi connectivity index (χ1v) is 28.3. The van der Waals surface area contributed by atoms with Gasteiger partial charge in [0.05, 0.1) is 39.9 Å². The van der Waals surface area contributed by atoms with Gasteiger partial charge in [0.1, 0.15) is 13.2 Å². The summed E-state index contributed by atoms with van der Waals surface area (Å²) in [4.78, 5) is 23.1. The molecular formula is C56H104N2O6P+. The number of aliphatic hydroxyl groups excluding tert-OH is 1. The normalized spacial score (nSPS) is 14.6. The number of carbonyl (C=O) groups excluding carboxylic acids is 1. The van der Waals surface area contributed by atoms with Crippen LogP contribution in [0.3, 0.4) is 0 Å². The van der Waals surface area contributed by atoms with Crippen molar-refractivity contribution in [1.82, 2.24) is 5.32 Å². The Bertz CT molecular complexity index is 1290. The van der Waals surface area contributed by atoms with E-state index in [9.17, 15) is 19.4 Å². The lowest BCUT2D eigenvalue weighted by atomic mass is 10.0. The molecule has 0 spiro atoms. The second kappa shape index (κ2) is 47.0. The highest BCUT2D eigenvalue weighted by Crippen LogP contribution is 2.43. The van der Waals surface area contributed by atoms with Crippen molar-refractivity contribution >= 4 is 13.7 Å². The van der Waals surface area contributed by atoms with E-state index < -0.39 is 20.0 Å². The number of hydrogen-bond donors (Lipinski definition) is 3. The minimum atomic E-state index is -4.35. The molecule has 0 saturated heterocycles. The average molecular weight is 932 g/mol. The Morgan fingerprint density at radius 2 is 0.938 bits per heavy atom. The molecule has 0 bridgehead atoms. The van der Waals surface area contributed by atoms with Crippen molar-refractivity contribution < 1.29 is 32.9 Å². The van der Waals surface area contributed by atoms with Crippen LogP contribution in [0.2, 0.25) is 0 Å². The summed E-state index contributed by atoms with van der Waals surface area (Å²) in [5, 5.41) is 13.8. The van der Waals surface area contributed by atoms with E-state index in [4.69, 9.17) is 9.05 Å². The molecule has 0 aromatic rings. The average Bonchev–Trinajstić information content (AvgIpc) is 3.26. The van der Waals surface area contributed by atoms with Crippen LogP contribution < -0.4 is 5.32 Å². The quantitative estimate of drug-likeness (QED) is 0.0243. The zero-order chi connectivity index (χ0) is 47.8. The topological polar surface area (TPSA) is 105 Å². The van der Waals surface area contributed by atoms with Crippen LogP contribution in [0.25, 0.3) is 0 Å². The minimum absolute atomic E-state index is 0.0516. The van der Waals surface area contributed by atoms with E-state index in [0.29, 0.717) is 17.4 Å². The monoisotopic (exact) mass is 932 g/mol. The first-order valence-electron chi connectivity index (χ1n) is 26.8. The van der Waals surface area contributed by atoms with E-state index in [1.165, 1.54) is 141 Å². The molecule has 0 aliphatic carbocycles. The van der Waals surface area contributed by atoms with Gasteiger partial charge >= 0.3 is 7.82 Å². The van der Waals surface area contributed by atoms with Gasteiger partial charge < -0.3 is 19.8 Å². The SMILES string of the molecule is CC/C=C/CC/C=C/CC/C=C/C(O)C(COP(=O)(O)OCC[N+](C)(C)C)NC(=O)CCCCCCCCCCCCCCCCCCCC/C=C\C/C=C\C/C=C\CCCCCCC. The van der Waals surface area contributed by atoms with E-state index in [0.717, 1.165) is 64.2 Å². The fourth-order valence-electron chi connectivity index (χ4n) is 7.44. The van der Waals surface area contributed by atoms with Crippen molar-refractivity contribution in [3.05, 3.63) is 72.9 Å². The van der Waals surface area contributed by atoms with Crippen molar-refractivity contribution in [1.29, 1.82) is 0 Å². The van der Waals surface area contributed by atoms with Gasteiger partial charge in [-0.3, -0.25) is 13.8 Å². The van der Waals surface area contributed by atoms with Gasteiger partial charge in [0.2, 0.25) is 5.91 Å². The third kappa shape index (κ3) is 49.7. The lowest BCUT2D eigenvalue weighted by molar-refractivity contribution is -0.870. The van der Waals surface area contributed by atoms with E-state index in [1.807, 2.05) is 27.2 Å². The van der Waals surface area contributed by atoms with Gasteiger partial charge in [0.15, 0.2) is 0 Å². The van der Waals surface area contributed by atoms with Crippen LogP contribution in [0.15, 0.2) is 72.9 Å². The number of phosphoric ester groups is 1. The molecule has 0 aliphatic heterocycles. The maximum absolute atomic E-state index is 12.9. The summed E-state index contributed by atoms with van der Waals surface area (Å²) in [5.74, 6) is -0.194. The van der Waals surface area contributed by atoms with Gasteiger partial charge in [-0.1, -0.05) is 215 Å². The van der Waals surface area contributed by atoms with Crippen molar-refractivity contribution in [2.24, 2.45) is 0 Å². The molecule has 1 amide bonds. The van der Waals surface area contributed by atoms with Gasteiger partial charge in [-0.25, -0.2) is 4.57 Å². The number of quaternary nitrogens is 1. The second-order valence-corrected chi connectivity index (χ2v) is 20.7. The standard InChI is InChI=1S/C56H103N2O6P/c1-6-8-10-12-14-16-18-19-20-21-22-23-24-25-26-27-28-29-30-31-32-33-34-35-36-37-38-39-40-42-44-46-48-50-56(60)57-54(53-64-65(61,62)63-52-51-58(3,4)5)55(59)49-47-45-43-41-17-15-13-11-9-7-2/h9,11,17-19,21-22,24-25,41,47,49,54-55,59H,6-8,10,12-16,20,23,26-40,42-46,48,50-53H2,1-5H3,(H-,57,60,61,62)/p+1/b11-9+,19-18-,22-21-,25-24-,41-17+,49-47+. The Morgan fingerprint density at radius 3 is 1.40 bits per heavy atom. The molecule has 0 aliphatic rings. The summed E-state index contributed by atoms with van der Waals surface area (Å²) >= 11 is 0. The van der Waals surface area contributed by atoms with Crippen LogP contribution >= 0.6 is 7.82 Å². The maximum atomic E-state index is 12.9. The number of nitrogens with zero attached hydrogens (tertiary/aromatic N) is 1. The third-order valence-electron chi connectivity index (χ3n) is 11.6. The number of hydrogen-bond acceptors (Lipinski definition) is 5. The number of rotatable bonds is 48. The number of allylic oxidation sites excluding steroid dienone is 11. The zero-order valence-corrected chi connectivity index (χ0v) is 43.9. The third-order valence-corrected chi connectivity index (χ3v) is 12.6. The van der Waals surface area contributed by atoms with Gasteiger partial charge in [-0.2, -0.15) is 0 Å². The van der Waals surface area contributed by atoms with Crippen molar-refractivity contribution in [3.8, 4) is 0 Å². The summed E-state index contributed by atoms with van der Waals surface area (Å²) in [6, 6.07) is -0.870. The maximum Gasteiger partial charge on any atom is 0.472 e. The molecule has 0 aromatic carbocycles. The predicted molar refractivity (Wildman–Crippen MR) is 281 cm³/mol. The molecule has 3 atom stereocenters. The van der Waals surface area contributed by atoms with Gasteiger partial charge in [0.25, 0.3) is 0 Å². The molecule has 65 heavy (non-hydrogen) atoms. The van der Waals surface area contributed by atoms with Crippen LogP contribution in [0, 0.1) is 0 Å². The van der Waals surface area contributed by atoms with Gasteiger partial charge in [-0.15, -0.1) is 0 Å². The van der Waals surface area contributed by atoms with Gasteiger partial charge in [0, 0.05) is 6.42 Å². The predicted octanol–water partition coefficient (Wildman–Crippen LogP) is 15.9. The highest BCUT2D eigenvalue weighted by Gasteiger charge is 2.27. The van der Waals surface area contributed by atoms with Crippen molar-refractivity contribution in [2.45, 2.75) is 238 Å². The highest BCUT2D eigenvalue weighted by atomic mass is 31.2. The van der Waals surface area contributed by atoms with Crippen LogP contribution in [-0.4, -0.2) is 73.4 Å². The van der Waals surface area contributed by atoms with Crippen molar-refractivity contribution in [2.75, 3.05) is 40.9 Å². The minimum Gasteiger partial charge on any atom is -0.387 e. The Balaban J connectivity index is 4.00. The molecule has 3 N–H and O–H groups in total. The number of unbranched alkanes of at least 4 members (excludes halogenated alkanes) is 25. The molecule has 0 rings (SSSR count). The number of carbonyl (C=O) groups is 1. The summed E-state index contributed by atoms with van der Waals surface area (Å²) in [6.45, 7) is 4.64. The number of aliphatic hydroxyl groups is 1. The Hall–Kier alpha value is -2.06. The van der Waals surface area contributed by atoms with Crippen molar-refractivity contribution in [3.63, 3.8) is 0 Å². The first kappa shape index (κ1) is 62.9. The van der Waals surface area contributed by atoms with Crippen LogP contribution in [0.5, 0.6) is 0 Å². The largest absolute Gasteiger partial charge is 0.472 e. The number of likely N-dealkylation sites (N-methyl/N-ethyl adjacent to an activating group) is 1. The summed E-state index contributed by atoms with van der Waals surface area (Å²) in [5.41, 5.74) is 0. The first-order chi connectivity index (χ1) is 31.5. The van der Waals surface area contributed by atoms with E-state index >= 15 is 0 Å². The molecule has 0 aromatic heterocycles. The smallest absolute Gasteiger partial charge is 0.387 e. The van der Waals surface area contributed by atoms with E-state index in [-0.39, 0.29) is 19.1 Å². The fourth-order valence-corrected chi connectivity index (χ4v) is 8.18. The summed E-state index contributed by atoms with van der Waals surface area (Å²) < 4.78 is 23.5. The molecule has 9 heteroatoms. The van der Waals surface area contributed by atoms with E-state index in [2.05, 4.69) is 79.9 Å². The lowest BCUT2D eigenvalue weighted by Crippen LogP contribution is -2.45. The van der Waals surface area contributed by atoms with Crippen LogP contribution in [-0.2, 0) is 18.4 Å². The Labute approximate surface area is 402 Å². The van der Waals surface area contributed by atoms with Gasteiger partial charge in [-0.05, 0) is 77.0 Å². The molecule has 378 valence electrons. The molecule has 0 heterocycles. The lowest BCUT2D eigenvalue weighted by Gasteiger charge is -2.25. The number of phosphoric acid groups is 1. The van der Waals surface area contributed by atoms with Crippen LogP contribution in [0.4, 0.5) is 0 Å². The van der Waals surface area contributed by atoms with E-state index in [1.54, 1.807) is 6.08 Å². The molecule has 3 unspecified atom stereocenters. The van der Waals surface area contributed by atoms with Crippen LogP contribution in [0.1, 0.15) is 226 Å². The highest BCUT2D eigenvalue weighted by molar-refractivity contribution is 7.47.